The lowest BCUT2D eigenvalue weighted by Crippen LogP contribution is -2.47. The average molecular weight is 268 g/mol. The molecule has 110 valence electrons. The minimum Gasteiger partial charge on any atom is -0.469 e. The van der Waals surface area contributed by atoms with Gasteiger partial charge in [0.1, 0.15) is 0 Å². The highest BCUT2D eigenvalue weighted by Crippen LogP contribution is 2.21. The Bertz CT molecular complexity index is 282. The van der Waals surface area contributed by atoms with E-state index in [1.165, 1.54) is 52.3 Å². The summed E-state index contributed by atoms with van der Waals surface area (Å²) in [5.74, 6) is -0.0882. The standard InChI is InChI=1S/C15H28N2O2/c1-13(15(18)19-2)12-16-10-6-14(7-11-16)17-8-4-3-5-9-17/h13-14H,3-12H2,1-2H3. The molecule has 1 unspecified atom stereocenters. The third-order valence-corrected chi connectivity index (χ3v) is 4.60. The van der Waals surface area contributed by atoms with E-state index < -0.39 is 0 Å². The Morgan fingerprint density at radius 1 is 1.16 bits per heavy atom. The molecule has 2 heterocycles. The van der Waals surface area contributed by atoms with Crippen LogP contribution in [0.15, 0.2) is 0 Å². The molecular weight excluding hydrogens is 240 g/mol. The quantitative estimate of drug-likeness (QED) is 0.727. The number of rotatable bonds is 4. The van der Waals surface area contributed by atoms with Gasteiger partial charge in [0.05, 0.1) is 13.0 Å². The predicted octanol–water partition coefficient (Wildman–Crippen LogP) is 1.75. The molecule has 4 nitrogen and oxygen atoms in total. The van der Waals surface area contributed by atoms with Gasteiger partial charge in [-0.05, 0) is 51.9 Å². The zero-order chi connectivity index (χ0) is 13.7. The highest BCUT2D eigenvalue weighted by atomic mass is 16.5. The highest BCUT2D eigenvalue weighted by molar-refractivity contribution is 5.72. The maximum atomic E-state index is 11.4. The number of hydrogen-bond acceptors (Lipinski definition) is 4. The minimum atomic E-state index is -0.0850. The van der Waals surface area contributed by atoms with Gasteiger partial charge in [-0.3, -0.25) is 4.79 Å². The van der Waals surface area contributed by atoms with E-state index in [4.69, 9.17) is 4.74 Å². The average Bonchev–Trinajstić information content (AvgIpc) is 2.48. The molecule has 0 aromatic heterocycles. The van der Waals surface area contributed by atoms with Crippen LogP contribution in [0, 0.1) is 5.92 Å². The van der Waals surface area contributed by atoms with Crippen LogP contribution in [0.5, 0.6) is 0 Å². The van der Waals surface area contributed by atoms with Gasteiger partial charge in [-0.25, -0.2) is 0 Å². The first kappa shape index (κ1) is 14.8. The number of carbonyl (C=O) groups excluding carboxylic acids is 1. The van der Waals surface area contributed by atoms with Crippen molar-refractivity contribution in [2.45, 2.75) is 45.1 Å². The normalized spacial score (nSPS) is 25.2. The Morgan fingerprint density at radius 2 is 1.79 bits per heavy atom. The molecule has 2 saturated heterocycles. The first-order valence-corrected chi connectivity index (χ1v) is 7.75. The molecule has 2 aliphatic heterocycles. The van der Waals surface area contributed by atoms with Gasteiger partial charge >= 0.3 is 5.97 Å². The van der Waals surface area contributed by atoms with Crippen molar-refractivity contribution >= 4 is 5.97 Å². The predicted molar refractivity (Wildman–Crippen MR) is 76.1 cm³/mol. The maximum absolute atomic E-state index is 11.4. The van der Waals surface area contributed by atoms with E-state index in [9.17, 15) is 4.79 Å². The second kappa shape index (κ2) is 7.25. The van der Waals surface area contributed by atoms with Crippen LogP contribution >= 0.6 is 0 Å². The van der Waals surface area contributed by atoms with E-state index in [-0.39, 0.29) is 11.9 Å². The van der Waals surface area contributed by atoms with E-state index >= 15 is 0 Å². The molecule has 1 atom stereocenters. The summed E-state index contributed by atoms with van der Waals surface area (Å²) in [6, 6.07) is 0.782. The number of ether oxygens (including phenoxy) is 1. The van der Waals surface area contributed by atoms with Gasteiger partial charge in [-0.2, -0.15) is 0 Å². The number of esters is 1. The van der Waals surface area contributed by atoms with Crippen molar-refractivity contribution < 1.29 is 9.53 Å². The minimum absolute atomic E-state index is 0.00321. The third kappa shape index (κ3) is 4.18. The van der Waals surface area contributed by atoms with Crippen LogP contribution in [-0.2, 0) is 9.53 Å². The summed E-state index contributed by atoms with van der Waals surface area (Å²) in [6.07, 6.45) is 6.67. The molecule has 0 aliphatic carbocycles. The fourth-order valence-electron chi connectivity index (χ4n) is 3.41. The smallest absolute Gasteiger partial charge is 0.309 e. The van der Waals surface area contributed by atoms with Crippen molar-refractivity contribution in [3.05, 3.63) is 0 Å². The van der Waals surface area contributed by atoms with Crippen LogP contribution in [0.25, 0.3) is 0 Å². The van der Waals surface area contributed by atoms with Crippen LogP contribution in [0.4, 0.5) is 0 Å². The van der Waals surface area contributed by atoms with Gasteiger partial charge in [0.25, 0.3) is 0 Å². The summed E-state index contributed by atoms with van der Waals surface area (Å²) in [5, 5.41) is 0. The summed E-state index contributed by atoms with van der Waals surface area (Å²) >= 11 is 0. The van der Waals surface area contributed by atoms with Crippen LogP contribution in [0.1, 0.15) is 39.0 Å². The Hall–Kier alpha value is -0.610. The van der Waals surface area contributed by atoms with Gasteiger partial charge < -0.3 is 14.5 Å². The third-order valence-electron chi connectivity index (χ3n) is 4.60. The van der Waals surface area contributed by atoms with Crippen molar-refractivity contribution in [1.29, 1.82) is 0 Å². The maximum Gasteiger partial charge on any atom is 0.309 e. The SMILES string of the molecule is COC(=O)C(C)CN1CCC(N2CCCCC2)CC1. The van der Waals surface area contributed by atoms with E-state index in [0.717, 1.165) is 25.7 Å². The highest BCUT2D eigenvalue weighted by Gasteiger charge is 2.27. The van der Waals surface area contributed by atoms with Crippen molar-refractivity contribution in [1.82, 2.24) is 9.80 Å². The van der Waals surface area contributed by atoms with E-state index in [1.54, 1.807) is 0 Å². The van der Waals surface area contributed by atoms with Gasteiger partial charge in [0.2, 0.25) is 0 Å². The molecule has 4 heteroatoms. The largest absolute Gasteiger partial charge is 0.469 e. The fraction of sp³-hybridized carbons (Fsp3) is 0.933. The number of hydrogen-bond donors (Lipinski definition) is 0. The molecule has 2 aliphatic rings. The topological polar surface area (TPSA) is 32.8 Å². The summed E-state index contributed by atoms with van der Waals surface area (Å²) in [5.41, 5.74) is 0. The molecule has 0 radical (unpaired) electrons. The van der Waals surface area contributed by atoms with Crippen molar-refractivity contribution in [3.63, 3.8) is 0 Å². The molecule has 0 aromatic carbocycles. The number of nitrogens with zero attached hydrogens (tertiary/aromatic N) is 2. The number of carbonyl (C=O) groups is 1. The summed E-state index contributed by atoms with van der Waals surface area (Å²) in [6.45, 7) is 7.65. The number of piperidine rings is 2. The Labute approximate surface area is 117 Å². The molecule has 0 aromatic rings. The summed E-state index contributed by atoms with van der Waals surface area (Å²) < 4.78 is 4.80. The Kier molecular flexibility index (Phi) is 5.64. The second-order valence-corrected chi connectivity index (χ2v) is 6.05. The molecule has 2 rings (SSSR count). The van der Waals surface area contributed by atoms with Crippen LogP contribution in [-0.4, -0.2) is 61.6 Å². The zero-order valence-electron chi connectivity index (χ0n) is 12.4. The van der Waals surface area contributed by atoms with Crippen molar-refractivity contribution in [2.75, 3.05) is 39.8 Å². The molecule has 2 fully saturated rings. The summed E-state index contributed by atoms with van der Waals surface area (Å²) in [4.78, 5) is 16.5. The number of likely N-dealkylation sites (tertiary alicyclic amines) is 2. The van der Waals surface area contributed by atoms with Gasteiger partial charge in [-0.15, -0.1) is 0 Å². The van der Waals surface area contributed by atoms with Crippen LogP contribution in [0.2, 0.25) is 0 Å². The molecular formula is C15H28N2O2. The van der Waals surface area contributed by atoms with Gasteiger partial charge in [-0.1, -0.05) is 13.3 Å². The van der Waals surface area contributed by atoms with Crippen LogP contribution < -0.4 is 0 Å². The van der Waals surface area contributed by atoms with Crippen LogP contribution in [0.3, 0.4) is 0 Å². The van der Waals surface area contributed by atoms with Crippen molar-refractivity contribution in [2.24, 2.45) is 5.92 Å². The lowest BCUT2D eigenvalue weighted by molar-refractivity contribution is -0.145. The first-order chi connectivity index (χ1) is 9.20. The monoisotopic (exact) mass is 268 g/mol. The summed E-state index contributed by atoms with van der Waals surface area (Å²) in [7, 11) is 1.47. The molecule has 0 bridgehead atoms. The van der Waals surface area contributed by atoms with E-state index in [1.807, 2.05) is 6.92 Å². The molecule has 0 saturated carbocycles. The Balaban J connectivity index is 1.71. The number of methoxy groups -OCH3 is 1. The van der Waals surface area contributed by atoms with Crippen molar-refractivity contribution in [3.8, 4) is 0 Å². The lowest BCUT2D eigenvalue weighted by atomic mass is 9.99. The zero-order valence-corrected chi connectivity index (χ0v) is 12.4. The van der Waals surface area contributed by atoms with E-state index in [2.05, 4.69) is 9.80 Å². The Morgan fingerprint density at radius 3 is 2.37 bits per heavy atom. The molecule has 19 heavy (non-hydrogen) atoms. The second-order valence-electron chi connectivity index (χ2n) is 6.05. The van der Waals surface area contributed by atoms with Gasteiger partial charge in [0, 0.05) is 12.6 Å². The molecule has 0 spiro atoms. The lowest BCUT2D eigenvalue weighted by Gasteiger charge is -2.40. The molecule has 0 N–H and O–H groups in total. The fourth-order valence-corrected chi connectivity index (χ4v) is 3.41. The van der Waals surface area contributed by atoms with E-state index in [0.29, 0.717) is 0 Å². The first-order valence-electron chi connectivity index (χ1n) is 7.75. The van der Waals surface area contributed by atoms with Gasteiger partial charge in [0.15, 0.2) is 0 Å². The molecule has 0 amide bonds.